The van der Waals surface area contributed by atoms with Gasteiger partial charge in [-0.1, -0.05) is 11.6 Å². The van der Waals surface area contributed by atoms with Crippen LogP contribution in [0.4, 0.5) is 0 Å². The van der Waals surface area contributed by atoms with Gasteiger partial charge in [0, 0.05) is 31.9 Å². The predicted molar refractivity (Wildman–Crippen MR) is 84.0 cm³/mol. The molecule has 114 valence electrons. The fourth-order valence-corrected chi connectivity index (χ4v) is 2.35. The molecule has 0 bridgehead atoms. The minimum absolute atomic E-state index is 0.0543. The summed E-state index contributed by atoms with van der Waals surface area (Å²) >= 11 is 9.44. The van der Waals surface area contributed by atoms with Gasteiger partial charge >= 0.3 is 0 Å². The minimum Gasteiger partial charge on any atom is -0.350 e. The maximum absolute atomic E-state index is 11.8. The van der Waals surface area contributed by atoms with E-state index in [-0.39, 0.29) is 5.91 Å². The third-order valence-electron chi connectivity index (χ3n) is 3.02. The van der Waals surface area contributed by atoms with E-state index in [1.165, 1.54) is 0 Å². The molecule has 0 aliphatic heterocycles. The summed E-state index contributed by atoms with van der Waals surface area (Å²) in [5.41, 5.74) is 1.59. The zero-order valence-electron chi connectivity index (χ0n) is 11.9. The van der Waals surface area contributed by atoms with Gasteiger partial charge in [0.2, 0.25) is 5.91 Å². The van der Waals surface area contributed by atoms with Gasteiger partial charge in [0.25, 0.3) is 0 Å². The highest BCUT2D eigenvalue weighted by atomic mass is 79.9. The van der Waals surface area contributed by atoms with E-state index >= 15 is 0 Å². The minimum atomic E-state index is -0.0543. The van der Waals surface area contributed by atoms with Gasteiger partial charge in [0.05, 0.1) is 21.7 Å². The van der Waals surface area contributed by atoms with Crippen LogP contribution in [0.1, 0.15) is 24.7 Å². The number of halogens is 2. The topological polar surface area (TPSA) is 64.7 Å². The zero-order valence-corrected chi connectivity index (χ0v) is 14.3. The van der Waals surface area contributed by atoms with E-state index in [1.807, 2.05) is 20.0 Å². The van der Waals surface area contributed by atoms with Gasteiger partial charge in [-0.3, -0.25) is 14.2 Å². The Kier molecular flexibility index (Phi) is 5.41. The van der Waals surface area contributed by atoms with Crippen LogP contribution in [0.25, 0.3) is 0 Å². The molecule has 2 aromatic rings. The molecule has 8 heteroatoms. The van der Waals surface area contributed by atoms with Crippen LogP contribution in [0, 0.1) is 6.92 Å². The van der Waals surface area contributed by atoms with Gasteiger partial charge in [-0.2, -0.15) is 10.2 Å². The third-order valence-corrected chi connectivity index (χ3v) is 4.11. The average Bonchev–Trinajstić information content (AvgIpc) is 2.97. The standard InChI is InChI=1S/C13H17BrClN5O/c1-3-19-8-11(15)12(18-19)6-16-13(21)4-5-20-7-10(14)9(2)17-20/h7-8H,3-6H2,1-2H3,(H,16,21). The molecule has 1 amide bonds. The molecule has 2 rings (SSSR count). The molecule has 0 unspecified atom stereocenters. The number of aromatic nitrogens is 4. The molecule has 0 saturated carbocycles. The SMILES string of the molecule is CCn1cc(Cl)c(CNC(=O)CCn2cc(Br)c(C)n2)n1. The highest BCUT2D eigenvalue weighted by Gasteiger charge is 2.09. The van der Waals surface area contributed by atoms with Crippen LogP contribution >= 0.6 is 27.5 Å². The number of hydrogen-bond donors (Lipinski definition) is 1. The van der Waals surface area contributed by atoms with E-state index in [9.17, 15) is 4.79 Å². The summed E-state index contributed by atoms with van der Waals surface area (Å²) in [6.45, 7) is 5.52. The summed E-state index contributed by atoms with van der Waals surface area (Å²) < 4.78 is 4.44. The van der Waals surface area contributed by atoms with E-state index in [0.29, 0.717) is 30.2 Å². The Labute approximate surface area is 136 Å². The van der Waals surface area contributed by atoms with E-state index < -0.39 is 0 Å². The van der Waals surface area contributed by atoms with Crippen molar-refractivity contribution in [2.45, 2.75) is 39.9 Å². The number of nitrogens with one attached hydrogen (secondary N) is 1. The molecule has 0 aromatic carbocycles. The fourth-order valence-electron chi connectivity index (χ4n) is 1.81. The van der Waals surface area contributed by atoms with Gasteiger partial charge in [0.1, 0.15) is 5.69 Å². The molecule has 0 aliphatic carbocycles. The summed E-state index contributed by atoms with van der Waals surface area (Å²) in [4.78, 5) is 11.8. The first-order chi connectivity index (χ1) is 9.99. The first kappa shape index (κ1) is 16.0. The number of carbonyl (C=O) groups is 1. The molecule has 0 fully saturated rings. The Morgan fingerprint density at radius 1 is 1.38 bits per heavy atom. The van der Waals surface area contributed by atoms with Crippen molar-refractivity contribution >= 4 is 33.4 Å². The van der Waals surface area contributed by atoms with Crippen molar-refractivity contribution in [3.05, 3.63) is 33.3 Å². The fraction of sp³-hybridized carbons (Fsp3) is 0.462. The smallest absolute Gasteiger partial charge is 0.222 e. The van der Waals surface area contributed by atoms with Crippen LogP contribution in [0.3, 0.4) is 0 Å². The van der Waals surface area contributed by atoms with Gasteiger partial charge in [-0.05, 0) is 29.8 Å². The molecule has 0 atom stereocenters. The van der Waals surface area contributed by atoms with Crippen LogP contribution < -0.4 is 5.32 Å². The lowest BCUT2D eigenvalue weighted by Crippen LogP contribution is -2.24. The second-order valence-electron chi connectivity index (χ2n) is 4.63. The number of hydrogen-bond acceptors (Lipinski definition) is 3. The van der Waals surface area contributed by atoms with Crippen molar-refractivity contribution in [1.29, 1.82) is 0 Å². The molecule has 21 heavy (non-hydrogen) atoms. The third kappa shape index (κ3) is 4.31. The summed E-state index contributed by atoms with van der Waals surface area (Å²) in [5, 5.41) is 12.0. The lowest BCUT2D eigenvalue weighted by Gasteiger charge is -2.04. The van der Waals surface area contributed by atoms with E-state index in [1.54, 1.807) is 15.6 Å². The molecular weight excluding hydrogens is 358 g/mol. The van der Waals surface area contributed by atoms with Crippen LogP contribution in [0.15, 0.2) is 16.9 Å². The Morgan fingerprint density at radius 2 is 2.14 bits per heavy atom. The number of rotatable bonds is 6. The number of amides is 1. The van der Waals surface area contributed by atoms with Crippen LogP contribution in [-0.4, -0.2) is 25.5 Å². The highest BCUT2D eigenvalue weighted by molar-refractivity contribution is 9.10. The molecule has 6 nitrogen and oxygen atoms in total. The van der Waals surface area contributed by atoms with Crippen molar-refractivity contribution in [3.8, 4) is 0 Å². The molecule has 0 saturated heterocycles. The van der Waals surface area contributed by atoms with Crippen molar-refractivity contribution in [2.24, 2.45) is 0 Å². The molecule has 2 aromatic heterocycles. The van der Waals surface area contributed by atoms with Crippen molar-refractivity contribution < 1.29 is 4.79 Å². The highest BCUT2D eigenvalue weighted by Crippen LogP contribution is 2.14. The monoisotopic (exact) mass is 373 g/mol. The Balaban J connectivity index is 1.80. The Hall–Kier alpha value is -1.34. The average molecular weight is 375 g/mol. The largest absolute Gasteiger partial charge is 0.350 e. The van der Waals surface area contributed by atoms with Gasteiger partial charge in [0.15, 0.2) is 0 Å². The lowest BCUT2D eigenvalue weighted by molar-refractivity contribution is -0.121. The lowest BCUT2D eigenvalue weighted by atomic mass is 10.3. The zero-order chi connectivity index (χ0) is 15.4. The second kappa shape index (κ2) is 7.09. The van der Waals surface area contributed by atoms with Crippen molar-refractivity contribution in [3.63, 3.8) is 0 Å². The van der Waals surface area contributed by atoms with E-state index in [4.69, 9.17) is 11.6 Å². The van der Waals surface area contributed by atoms with Gasteiger partial charge in [-0.15, -0.1) is 0 Å². The van der Waals surface area contributed by atoms with E-state index in [2.05, 4.69) is 31.4 Å². The quantitative estimate of drug-likeness (QED) is 0.845. The number of carbonyl (C=O) groups excluding carboxylic acids is 1. The predicted octanol–water partition coefficient (Wildman–Crippen LogP) is 2.53. The van der Waals surface area contributed by atoms with Crippen molar-refractivity contribution in [1.82, 2.24) is 24.9 Å². The Bertz CT molecular complexity index is 617. The van der Waals surface area contributed by atoms with Crippen LogP contribution in [0.2, 0.25) is 5.02 Å². The van der Waals surface area contributed by atoms with Crippen LogP contribution in [-0.2, 0) is 24.4 Å². The molecular formula is C13H17BrClN5O. The maximum atomic E-state index is 11.8. The van der Waals surface area contributed by atoms with Crippen LogP contribution in [0.5, 0.6) is 0 Å². The molecule has 0 spiro atoms. The summed E-state index contributed by atoms with van der Waals surface area (Å²) in [5.74, 6) is -0.0543. The maximum Gasteiger partial charge on any atom is 0.222 e. The Morgan fingerprint density at radius 3 is 2.71 bits per heavy atom. The van der Waals surface area contributed by atoms with E-state index in [0.717, 1.165) is 16.7 Å². The summed E-state index contributed by atoms with van der Waals surface area (Å²) in [6, 6.07) is 0. The molecule has 0 radical (unpaired) electrons. The molecule has 0 aliphatic rings. The van der Waals surface area contributed by atoms with Gasteiger partial charge in [-0.25, -0.2) is 0 Å². The summed E-state index contributed by atoms with van der Waals surface area (Å²) in [6.07, 6.45) is 3.98. The number of nitrogens with zero attached hydrogens (tertiary/aromatic N) is 4. The molecule has 1 N–H and O–H groups in total. The van der Waals surface area contributed by atoms with Crippen molar-refractivity contribution in [2.75, 3.05) is 0 Å². The first-order valence-electron chi connectivity index (χ1n) is 6.67. The summed E-state index contributed by atoms with van der Waals surface area (Å²) in [7, 11) is 0. The molecule has 2 heterocycles. The second-order valence-corrected chi connectivity index (χ2v) is 5.89. The van der Waals surface area contributed by atoms with Gasteiger partial charge < -0.3 is 5.32 Å². The first-order valence-corrected chi connectivity index (χ1v) is 7.84. The number of aryl methyl sites for hydroxylation is 3. The normalized spacial score (nSPS) is 10.9.